The lowest BCUT2D eigenvalue weighted by atomic mass is 9.86. The number of anilines is 1. The fourth-order valence-electron chi connectivity index (χ4n) is 5.60. The smallest absolute Gasteiger partial charge is 0.271 e. The maximum atomic E-state index is 13.5. The van der Waals surface area contributed by atoms with E-state index in [1.54, 1.807) is 11.0 Å². The number of halogens is 2. The van der Waals surface area contributed by atoms with Gasteiger partial charge in [-0.25, -0.2) is 4.98 Å². The zero-order valence-corrected chi connectivity index (χ0v) is 25.8. The van der Waals surface area contributed by atoms with Crippen LogP contribution in [0.25, 0.3) is 10.9 Å². The Balaban J connectivity index is 1.46. The Hall–Kier alpha value is -3.41. The number of rotatable bonds is 7. The molecule has 2 saturated heterocycles. The van der Waals surface area contributed by atoms with Crippen LogP contribution in [0.1, 0.15) is 73.2 Å². The summed E-state index contributed by atoms with van der Waals surface area (Å²) in [6.45, 7) is 13.8. The molecule has 2 amide bonds. The zero-order valence-electron chi connectivity index (χ0n) is 24.3. The molecule has 1 unspecified atom stereocenters. The minimum absolute atomic E-state index is 0.0330. The van der Waals surface area contributed by atoms with Gasteiger partial charge in [0.1, 0.15) is 11.5 Å². The predicted molar refractivity (Wildman–Crippen MR) is 163 cm³/mol. The first-order chi connectivity index (χ1) is 19.9. The lowest BCUT2D eigenvalue weighted by molar-refractivity contribution is -0.130. The van der Waals surface area contributed by atoms with E-state index in [9.17, 15) is 14.4 Å². The van der Waals surface area contributed by atoms with E-state index in [0.717, 1.165) is 30.3 Å². The van der Waals surface area contributed by atoms with E-state index in [2.05, 4.69) is 53.4 Å². The average molecular weight is 616 g/mol. The summed E-state index contributed by atoms with van der Waals surface area (Å²) in [6.07, 6.45) is 3.06. The van der Waals surface area contributed by atoms with Crippen LogP contribution in [-0.4, -0.2) is 74.2 Å². The molecular formula is C29H36Cl2N8O3. The molecule has 13 heteroatoms. The van der Waals surface area contributed by atoms with Crippen molar-refractivity contribution in [2.24, 2.45) is 0 Å². The van der Waals surface area contributed by atoms with Crippen molar-refractivity contribution in [3.05, 3.63) is 52.0 Å². The lowest BCUT2D eigenvalue weighted by Gasteiger charge is -2.39. The number of amides is 2. The fraction of sp³-hybridized carbons (Fsp3) is 0.483. The second kappa shape index (κ2) is 11.7. The van der Waals surface area contributed by atoms with Gasteiger partial charge in [-0.2, -0.15) is 4.68 Å². The van der Waals surface area contributed by atoms with Crippen LogP contribution in [0.2, 0.25) is 10.2 Å². The number of benzene rings is 1. The molecule has 11 nitrogen and oxygen atoms in total. The largest absolute Gasteiger partial charge is 0.361 e. The molecule has 42 heavy (non-hydrogen) atoms. The van der Waals surface area contributed by atoms with E-state index in [-0.39, 0.29) is 52.6 Å². The minimum atomic E-state index is -0.337. The summed E-state index contributed by atoms with van der Waals surface area (Å²) in [7, 11) is 0. The zero-order chi connectivity index (χ0) is 30.3. The normalized spacial score (nSPS) is 17.7. The van der Waals surface area contributed by atoms with Gasteiger partial charge in [-0.1, -0.05) is 50.6 Å². The molecule has 0 radical (unpaired) electrons. The Bertz CT molecular complexity index is 1560. The van der Waals surface area contributed by atoms with Crippen molar-refractivity contribution in [3.63, 3.8) is 0 Å². The van der Waals surface area contributed by atoms with Crippen molar-refractivity contribution in [1.82, 2.24) is 34.9 Å². The van der Waals surface area contributed by atoms with Gasteiger partial charge in [0.05, 0.1) is 18.1 Å². The van der Waals surface area contributed by atoms with Crippen LogP contribution < -0.4 is 16.0 Å². The maximum Gasteiger partial charge on any atom is 0.271 e. The Morgan fingerprint density at radius 3 is 2.57 bits per heavy atom. The van der Waals surface area contributed by atoms with Crippen LogP contribution >= 0.6 is 23.2 Å². The summed E-state index contributed by atoms with van der Waals surface area (Å²) in [4.78, 5) is 44.0. The van der Waals surface area contributed by atoms with Gasteiger partial charge >= 0.3 is 0 Å². The highest BCUT2D eigenvalue weighted by Gasteiger charge is 2.34. The van der Waals surface area contributed by atoms with Gasteiger partial charge in [-0.05, 0) is 48.6 Å². The highest BCUT2D eigenvalue weighted by Crippen LogP contribution is 2.36. The van der Waals surface area contributed by atoms with Gasteiger partial charge in [0.25, 0.3) is 5.91 Å². The third kappa shape index (κ3) is 5.77. The van der Waals surface area contributed by atoms with Gasteiger partial charge in [0, 0.05) is 43.0 Å². The van der Waals surface area contributed by atoms with Crippen LogP contribution in [0.5, 0.6) is 0 Å². The monoisotopic (exact) mass is 614 g/mol. The van der Waals surface area contributed by atoms with Crippen LogP contribution in [0.4, 0.5) is 5.82 Å². The summed E-state index contributed by atoms with van der Waals surface area (Å²) in [5.41, 5.74) is 1.60. The number of piperidine rings is 1. The van der Waals surface area contributed by atoms with E-state index < -0.39 is 0 Å². The number of nitrogens with zero attached hydrogens (tertiary/aromatic N) is 5. The van der Waals surface area contributed by atoms with Crippen LogP contribution in [0, 0.1) is 0 Å². The molecule has 1 atom stereocenters. The summed E-state index contributed by atoms with van der Waals surface area (Å²) in [6, 6.07) is 3.52. The van der Waals surface area contributed by atoms with Crippen molar-refractivity contribution >= 4 is 57.6 Å². The van der Waals surface area contributed by atoms with Crippen LogP contribution in [0.3, 0.4) is 0 Å². The number of carbonyl (C=O) groups is 3. The second-order valence-corrected chi connectivity index (χ2v) is 12.7. The van der Waals surface area contributed by atoms with E-state index in [1.807, 2.05) is 10.6 Å². The van der Waals surface area contributed by atoms with Crippen LogP contribution in [-0.2, 0) is 16.8 Å². The van der Waals surface area contributed by atoms with E-state index in [4.69, 9.17) is 23.2 Å². The molecule has 3 aromatic rings. The molecule has 3 N–H and O–H groups in total. The molecule has 0 spiro atoms. The number of fused-ring (bicyclic) bond motifs is 1. The van der Waals surface area contributed by atoms with Gasteiger partial charge in [-0.3, -0.25) is 14.4 Å². The Kier molecular flexibility index (Phi) is 8.37. The topological polar surface area (TPSA) is 126 Å². The molecule has 1 aromatic carbocycles. The first-order valence-electron chi connectivity index (χ1n) is 14.1. The minimum Gasteiger partial charge on any atom is -0.361 e. The molecule has 2 aromatic heterocycles. The van der Waals surface area contributed by atoms with Gasteiger partial charge in [0.2, 0.25) is 11.8 Å². The Labute approximate surface area is 254 Å². The summed E-state index contributed by atoms with van der Waals surface area (Å²) < 4.78 is 3.24. The number of imidazole rings is 1. The number of aromatic nitrogens is 4. The molecule has 4 heterocycles. The summed E-state index contributed by atoms with van der Waals surface area (Å²) >= 11 is 13.2. The highest BCUT2D eigenvalue weighted by atomic mass is 35.5. The third-order valence-electron chi connectivity index (χ3n) is 7.78. The standard InChI is InChI=1S/C29H36Cl2N8O3/c1-6-24(41)37-14-17(15-37)34-28(42)25-26(31)35-23(38(25)18-8-7-9-32-12-18)13-33-27-19-10-20(29(3,4)5)21(30)11-22(19)39(36-27)16(2)40/h6,10-11,17-18,32H,1,7-9,12-15H2,2-5H3,(H,33,36)(H,34,42). The summed E-state index contributed by atoms with van der Waals surface area (Å²) in [5.74, 6) is 0.333. The maximum absolute atomic E-state index is 13.5. The highest BCUT2D eigenvalue weighted by molar-refractivity contribution is 6.33. The van der Waals surface area contributed by atoms with E-state index in [0.29, 0.717) is 41.8 Å². The first kappa shape index (κ1) is 30.1. The van der Waals surface area contributed by atoms with Crippen molar-refractivity contribution < 1.29 is 14.4 Å². The molecule has 224 valence electrons. The number of nitrogens with one attached hydrogen (secondary N) is 3. The van der Waals surface area contributed by atoms with E-state index >= 15 is 0 Å². The van der Waals surface area contributed by atoms with Gasteiger partial charge in [0.15, 0.2) is 11.0 Å². The number of hydrogen-bond donors (Lipinski definition) is 3. The number of carbonyl (C=O) groups excluding carboxylic acids is 3. The molecular weight excluding hydrogens is 579 g/mol. The Morgan fingerprint density at radius 2 is 1.95 bits per heavy atom. The molecule has 2 fully saturated rings. The van der Waals surface area contributed by atoms with E-state index in [1.165, 1.54) is 17.7 Å². The van der Waals surface area contributed by atoms with Crippen molar-refractivity contribution in [2.75, 3.05) is 31.5 Å². The molecule has 2 aliphatic heterocycles. The number of likely N-dealkylation sites (tertiary alicyclic amines) is 1. The molecule has 0 bridgehead atoms. The predicted octanol–water partition coefficient (Wildman–Crippen LogP) is 4.16. The van der Waals surface area contributed by atoms with Crippen LogP contribution in [0.15, 0.2) is 24.8 Å². The second-order valence-electron chi connectivity index (χ2n) is 11.9. The average Bonchev–Trinajstić information content (AvgIpc) is 3.44. The van der Waals surface area contributed by atoms with Crippen molar-refractivity contribution in [2.45, 2.75) is 64.6 Å². The summed E-state index contributed by atoms with van der Waals surface area (Å²) in [5, 5.41) is 15.7. The third-order valence-corrected chi connectivity index (χ3v) is 8.36. The molecule has 0 aliphatic carbocycles. The van der Waals surface area contributed by atoms with Crippen molar-refractivity contribution in [1.29, 1.82) is 0 Å². The lowest BCUT2D eigenvalue weighted by Crippen LogP contribution is -2.60. The molecule has 2 aliphatic rings. The first-order valence-corrected chi connectivity index (χ1v) is 14.8. The molecule has 5 rings (SSSR count). The Morgan fingerprint density at radius 1 is 1.21 bits per heavy atom. The quantitative estimate of drug-likeness (QED) is 0.341. The number of hydrogen-bond acceptors (Lipinski definition) is 7. The van der Waals surface area contributed by atoms with Gasteiger partial charge in [-0.15, -0.1) is 5.10 Å². The van der Waals surface area contributed by atoms with Crippen molar-refractivity contribution in [3.8, 4) is 0 Å². The SMILES string of the molecule is C=CC(=O)N1CC(NC(=O)c2c(Cl)nc(CNc3nn(C(C)=O)c4cc(Cl)c(C(C)(C)C)cc34)n2C2CCCNC2)C1. The molecule has 0 saturated carbocycles. The fourth-order valence-corrected chi connectivity index (χ4v) is 6.32. The van der Waals surface area contributed by atoms with Gasteiger partial charge < -0.3 is 25.4 Å².